The van der Waals surface area contributed by atoms with Crippen LogP contribution in [0.2, 0.25) is 0 Å². The molecule has 6 heteroatoms. The van der Waals surface area contributed by atoms with Crippen LogP contribution in [0.3, 0.4) is 0 Å². The predicted octanol–water partition coefficient (Wildman–Crippen LogP) is 6.80. The number of hydrogen-bond acceptors (Lipinski definition) is 1. The highest BCUT2D eigenvalue weighted by molar-refractivity contribution is 5.62. The Hall–Kier alpha value is -1.59. The molecule has 1 fully saturated rings. The first-order valence-corrected chi connectivity index (χ1v) is 8.21. The second-order valence-electron chi connectivity index (χ2n) is 6.24. The summed E-state index contributed by atoms with van der Waals surface area (Å²) >= 11 is 0. The lowest BCUT2D eigenvalue weighted by atomic mass is 9.79. The average Bonchev–Trinajstić information content (AvgIpc) is 2.54. The minimum atomic E-state index is -4.81. The van der Waals surface area contributed by atoms with Crippen molar-refractivity contribution in [2.75, 3.05) is 0 Å². The first kappa shape index (κ1) is 18.7. The van der Waals surface area contributed by atoms with Crippen molar-refractivity contribution in [2.24, 2.45) is 11.8 Å². The minimum Gasteiger partial charge on any atom is -0.406 e. The molecule has 1 aliphatic rings. The monoisotopic (exact) mass is 348 g/mol. The first-order valence-electron chi connectivity index (χ1n) is 8.21. The Balaban J connectivity index is 2.03. The van der Waals surface area contributed by atoms with Crippen molar-refractivity contribution in [1.29, 1.82) is 0 Å². The molecule has 1 saturated carbocycles. The molecule has 24 heavy (non-hydrogen) atoms. The number of benzene rings is 1. The van der Waals surface area contributed by atoms with E-state index in [9.17, 15) is 22.0 Å². The summed E-state index contributed by atoms with van der Waals surface area (Å²) in [5, 5.41) is 0. The standard InChI is InChI=1S/C18H21F5O/c1-2-3-12-4-6-13(7-5-12)16(19)17(20)14-8-10-15(11-9-14)24-18(21,22)23/h8-13H,2-7H2,1H3/b17-16+. The fraction of sp³-hybridized carbons (Fsp3) is 0.556. The van der Waals surface area contributed by atoms with E-state index in [1.165, 1.54) is 0 Å². The van der Waals surface area contributed by atoms with Crippen LogP contribution >= 0.6 is 0 Å². The van der Waals surface area contributed by atoms with Crippen LogP contribution in [-0.4, -0.2) is 6.36 Å². The molecule has 0 radical (unpaired) electrons. The van der Waals surface area contributed by atoms with Crippen LogP contribution in [0, 0.1) is 11.8 Å². The van der Waals surface area contributed by atoms with Gasteiger partial charge in [0.2, 0.25) is 0 Å². The van der Waals surface area contributed by atoms with Gasteiger partial charge in [0.25, 0.3) is 0 Å². The highest BCUT2D eigenvalue weighted by Gasteiger charge is 2.31. The van der Waals surface area contributed by atoms with Crippen LogP contribution in [0.5, 0.6) is 5.75 Å². The number of ether oxygens (including phenoxy) is 1. The summed E-state index contributed by atoms with van der Waals surface area (Å²) in [5.74, 6) is -2.11. The first-order chi connectivity index (χ1) is 11.3. The fourth-order valence-electron chi connectivity index (χ4n) is 3.23. The molecule has 0 amide bonds. The summed E-state index contributed by atoms with van der Waals surface area (Å²) in [6, 6.07) is 4.15. The molecule has 1 aliphatic carbocycles. The van der Waals surface area contributed by atoms with Crippen molar-refractivity contribution in [3.05, 3.63) is 35.7 Å². The van der Waals surface area contributed by atoms with Gasteiger partial charge in [0.1, 0.15) is 11.6 Å². The van der Waals surface area contributed by atoms with Gasteiger partial charge >= 0.3 is 6.36 Å². The number of alkyl halides is 3. The predicted molar refractivity (Wildman–Crippen MR) is 82.6 cm³/mol. The SMILES string of the molecule is CCCC1CCC(/C(F)=C(\F)c2ccc(OC(F)(F)F)cc2)CC1. The van der Waals surface area contributed by atoms with Crippen molar-refractivity contribution < 1.29 is 26.7 Å². The second-order valence-corrected chi connectivity index (χ2v) is 6.24. The Morgan fingerprint density at radius 1 is 1.04 bits per heavy atom. The minimum absolute atomic E-state index is 0.0716. The zero-order valence-corrected chi connectivity index (χ0v) is 13.5. The molecule has 1 nitrogen and oxygen atoms in total. The number of hydrogen-bond donors (Lipinski definition) is 0. The maximum atomic E-state index is 14.3. The highest BCUT2D eigenvalue weighted by atomic mass is 19.4. The van der Waals surface area contributed by atoms with E-state index >= 15 is 0 Å². The van der Waals surface area contributed by atoms with Crippen molar-refractivity contribution in [1.82, 2.24) is 0 Å². The largest absolute Gasteiger partial charge is 0.573 e. The summed E-state index contributed by atoms with van der Waals surface area (Å²) in [4.78, 5) is 0. The summed E-state index contributed by atoms with van der Waals surface area (Å²) in [6.45, 7) is 2.11. The van der Waals surface area contributed by atoms with E-state index in [1.54, 1.807) is 0 Å². The molecule has 2 rings (SSSR count). The van der Waals surface area contributed by atoms with E-state index in [0.29, 0.717) is 18.8 Å². The quantitative estimate of drug-likeness (QED) is 0.532. The lowest BCUT2D eigenvalue weighted by Gasteiger charge is -2.27. The number of rotatable bonds is 5. The van der Waals surface area contributed by atoms with Gasteiger partial charge < -0.3 is 4.74 Å². The number of halogens is 5. The highest BCUT2D eigenvalue weighted by Crippen LogP contribution is 2.39. The van der Waals surface area contributed by atoms with Gasteiger partial charge in [-0.25, -0.2) is 8.78 Å². The van der Waals surface area contributed by atoms with Crippen LogP contribution in [0.25, 0.3) is 5.83 Å². The third-order valence-corrected chi connectivity index (χ3v) is 4.45. The van der Waals surface area contributed by atoms with Gasteiger partial charge in [0.15, 0.2) is 5.83 Å². The van der Waals surface area contributed by atoms with E-state index in [0.717, 1.165) is 49.9 Å². The summed E-state index contributed by atoms with van der Waals surface area (Å²) < 4.78 is 68.6. The normalized spacial score (nSPS) is 22.9. The van der Waals surface area contributed by atoms with Gasteiger partial charge in [0.05, 0.1) is 0 Å². The van der Waals surface area contributed by atoms with Gasteiger partial charge in [-0.2, -0.15) is 0 Å². The molecule has 0 heterocycles. The van der Waals surface area contributed by atoms with Crippen LogP contribution in [0.15, 0.2) is 30.1 Å². The maximum absolute atomic E-state index is 14.3. The molecule has 0 aromatic heterocycles. The Labute approximate surface area is 138 Å². The second kappa shape index (κ2) is 7.99. The Bertz CT molecular complexity index is 554. The smallest absolute Gasteiger partial charge is 0.406 e. The van der Waals surface area contributed by atoms with Crippen LogP contribution in [-0.2, 0) is 0 Å². The molecular formula is C18H21F5O. The summed E-state index contributed by atoms with van der Waals surface area (Å²) in [6.07, 6.45) is 0.390. The van der Waals surface area contributed by atoms with E-state index < -0.39 is 29.7 Å². The van der Waals surface area contributed by atoms with E-state index in [2.05, 4.69) is 11.7 Å². The van der Waals surface area contributed by atoms with Crippen LogP contribution in [0.1, 0.15) is 51.0 Å². The Kier molecular flexibility index (Phi) is 6.24. The summed E-state index contributed by atoms with van der Waals surface area (Å²) in [7, 11) is 0. The van der Waals surface area contributed by atoms with Crippen LogP contribution in [0.4, 0.5) is 22.0 Å². The number of allylic oxidation sites excluding steroid dienone is 1. The molecule has 0 aliphatic heterocycles. The van der Waals surface area contributed by atoms with Crippen molar-refractivity contribution in [3.8, 4) is 5.75 Å². The molecular weight excluding hydrogens is 327 g/mol. The Morgan fingerprint density at radius 2 is 1.62 bits per heavy atom. The lowest BCUT2D eigenvalue weighted by molar-refractivity contribution is -0.274. The molecule has 1 aromatic carbocycles. The van der Waals surface area contributed by atoms with Crippen molar-refractivity contribution in [2.45, 2.75) is 51.8 Å². The van der Waals surface area contributed by atoms with Gasteiger partial charge in [-0.3, -0.25) is 0 Å². The molecule has 0 saturated heterocycles. The van der Waals surface area contributed by atoms with Gasteiger partial charge in [-0.05, 0) is 55.9 Å². The zero-order chi connectivity index (χ0) is 17.7. The average molecular weight is 348 g/mol. The molecule has 0 atom stereocenters. The van der Waals surface area contributed by atoms with E-state index in [-0.39, 0.29) is 5.56 Å². The van der Waals surface area contributed by atoms with E-state index in [1.807, 2.05) is 0 Å². The lowest BCUT2D eigenvalue weighted by Crippen LogP contribution is -2.17. The molecule has 0 bridgehead atoms. The topological polar surface area (TPSA) is 9.23 Å². The Morgan fingerprint density at radius 3 is 2.12 bits per heavy atom. The van der Waals surface area contributed by atoms with Gasteiger partial charge in [-0.1, -0.05) is 19.8 Å². The van der Waals surface area contributed by atoms with Crippen LogP contribution < -0.4 is 4.74 Å². The molecule has 134 valence electrons. The van der Waals surface area contributed by atoms with Gasteiger partial charge in [0, 0.05) is 11.5 Å². The van der Waals surface area contributed by atoms with E-state index in [4.69, 9.17) is 0 Å². The summed E-state index contributed by atoms with van der Waals surface area (Å²) in [5.41, 5.74) is -0.0716. The third-order valence-electron chi connectivity index (χ3n) is 4.45. The third kappa shape index (κ3) is 5.21. The van der Waals surface area contributed by atoms with Crippen molar-refractivity contribution >= 4 is 5.83 Å². The molecule has 0 unspecified atom stereocenters. The zero-order valence-electron chi connectivity index (χ0n) is 13.5. The molecule has 0 N–H and O–H groups in total. The fourth-order valence-corrected chi connectivity index (χ4v) is 3.23. The maximum Gasteiger partial charge on any atom is 0.573 e. The van der Waals surface area contributed by atoms with Crippen molar-refractivity contribution in [3.63, 3.8) is 0 Å². The molecule has 1 aromatic rings. The van der Waals surface area contributed by atoms with Gasteiger partial charge in [-0.15, -0.1) is 13.2 Å². The molecule has 0 spiro atoms.